The van der Waals surface area contributed by atoms with E-state index in [0.29, 0.717) is 29.7 Å². The van der Waals surface area contributed by atoms with Crippen LogP contribution in [0.2, 0.25) is 0 Å². The summed E-state index contributed by atoms with van der Waals surface area (Å²) in [6.45, 7) is 1.61. The first-order valence-corrected chi connectivity index (χ1v) is 5.47. The van der Waals surface area contributed by atoms with Gasteiger partial charge in [0.2, 0.25) is 5.76 Å². The lowest BCUT2D eigenvalue weighted by atomic mass is 9.94. The van der Waals surface area contributed by atoms with Crippen LogP contribution in [0.4, 0.5) is 0 Å². The molecule has 4 nitrogen and oxygen atoms in total. The van der Waals surface area contributed by atoms with E-state index in [0.717, 1.165) is 0 Å². The average Bonchev–Trinajstić information content (AvgIpc) is 2.50. The molecule has 0 aromatic carbocycles. The van der Waals surface area contributed by atoms with Crippen molar-refractivity contribution < 1.29 is 19.1 Å². The van der Waals surface area contributed by atoms with Crippen molar-refractivity contribution in [2.45, 2.75) is 24.6 Å². The van der Waals surface area contributed by atoms with Gasteiger partial charge in [0.25, 0.3) is 0 Å². The van der Waals surface area contributed by atoms with Gasteiger partial charge >= 0.3 is 5.97 Å². The molecule has 0 radical (unpaired) electrons. The molecule has 1 aliphatic carbocycles. The van der Waals surface area contributed by atoms with Gasteiger partial charge in [0, 0.05) is 12.0 Å². The number of ketones is 1. The first-order chi connectivity index (χ1) is 7.02. The number of hydrogen-bond acceptors (Lipinski definition) is 3. The summed E-state index contributed by atoms with van der Waals surface area (Å²) in [5, 5.41) is 8.85. The molecule has 2 rings (SSSR count). The van der Waals surface area contributed by atoms with E-state index in [1.54, 1.807) is 6.92 Å². The first-order valence-electron chi connectivity index (χ1n) is 4.56. The minimum Gasteiger partial charge on any atom is -0.475 e. The third-order valence-corrected chi connectivity index (χ3v) is 3.44. The molecule has 0 unspecified atom stereocenters. The number of furan rings is 1. The van der Waals surface area contributed by atoms with E-state index in [4.69, 9.17) is 9.52 Å². The maximum absolute atomic E-state index is 11.8. The molecule has 15 heavy (non-hydrogen) atoms. The molecule has 1 atom stereocenters. The molecule has 0 amide bonds. The van der Waals surface area contributed by atoms with Crippen LogP contribution in [0.5, 0.6) is 0 Å². The fourth-order valence-electron chi connectivity index (χ4n) is 1.82. The highest BCUT2D eigenvalue weighted by Gasteiger charge is 2.33. The van der Waals surface area contributed by atoms with Gasteiger partial charge in [0.15, 0.2) is 5.78 Å². The molecule has 1 N–H and O–H groups in total. The van der Waals surface area contributed by atoms with Crippen LogP contribution in [-0.4, -0.2) is 21.7 Å². The third kappa shape index (κ3) is 1.51. The standard InChI is InChI=1S/C10H9BrO4/c1-4-7-6(15-9(4)10(13)14)3-2-5(11)8(7)12/h5H,2-3H2,1H3,(H,13,14)/t5-/m0/s1. The lowest BCUT2D eigenvalue weighted by molar-refractivity contribution is 0.0658. The van der Waals surface area contributed by atoms with Crippen LogP contribution in [0, 0.1) is 6.92 Å². The fraction of sp³-hybridized carbons (Fsp3) is 0.400. The highest BCUT2D eigenvalue weighted by atomic mass is 79.9. The van der Waals surface area contributed by atoms with Gasteiger partial charge in [0.1, 0.15) is 5.76 Å². The number of aromatic carboxylic acids is 1. The van der Waals surface area contributed by atoms with E-state index >= 15 is 0 Å². The van der Waals surface area contributed by atoms with Gasteiger partial charge in [-0.05, 0) is 13.3 Å². The molecule has 1 aliphatic rings. The Morgan fingerprint density at radius 2 is 2.27 bits per heavy atom. The van der Waals surface area contributed by atoms with Crippen LogP contribution in [0.3, 0.4) is 0 Å². The minimum absolute atomic E-state index is 0.0787. The number of alkyl halides is 1. The lowest BCUT2D eigenvalue weighted by Gasteiger charge is -2.14. The van der Waals surface area contributed by atoms with E-state index < -0.39 is 5.97 Å². The van der Waals surface area contributed by atoms with E-state index in [1.165, 1.54) is 0 Å². The molecule has 0 saturated carbocycles. The second-order valence-electron chi connectivity index (χ2n) is 3.53. The monoisotopic (exact) mass is 272 g/mol. The molecular formula is C10H9BrO4. The molecule has 1 aromatic heterocycles. The molecule has 5 heteroatoms. The van der Waals surface area contributed by atoms with Crippen molar-refractivity contribution in [3.8, 4) is 0 Å². The molecule has 0 fully saturated rings. The zero-order chi connectivity index (χ0) is 11.2. The molecule has 0 aliphatic heterocycles. The van der Waals surface area contributed by atoms with E-state index in [-0.39, 0.29) is 16.4 Å². The molecule has 1 aromatic rings. The lowest BCUT2D eigenvalue weighted by Crippen LogP contribution is -2.21. The van der Waals surface area contributed by atoms with E-state index in [1.807, 2.05) is 0 Å². The first kappa shape index (κ1) is 10.4. The molecule has 0 bridgehead atoms. The zero-order valence-electron chi connectivity index (χ0n) is 8.04. The molecular weight excluding hydrogens is 264 g/mol. The Balaban J connectivity index is 2.59. The zero-order valence-corrected chi connectivity index (χ0v) is 9.63. The number of Topliss-reactive ketones (excluding diaryl/α,β-unsaturated/α-hetero) is 1. The predicted octanol–water partition coefficient (Wildman–Crippen LogP) is 2.18. The Bertz CT molecular complexity index is 447. The highest BCUT2D eigenvalue weighted by Crippen LogP contribution is 2.31. The van der Waals surface area contributed by atoms with Crippen LogP contribution in [-0.2, 0) is 6.42 Å². The Kier molecular flexibility index (Phi) is 2.42. The smallest absolute Gasteiger partial charge is 0.372 e. The highest BCUT2D eigenvalue weighted by molar-refractivity contribution is 9.10. The van der Waals surface area contributed by atoms with E-state index in [2.05, 4.69) is 15.9 Å². The van der Waals surface area contributed by atoms with Gasteiger partial charge in [-0.1, -0.05) is 15.9 Å². The van der Waals surface area contributed by atoms with Crippen molar-refractivity contribution >= 4 is 27.7 Å². The second-order valence-corrected chi connectivity index (χ2v) is 4.64. The maximum atomic E-state index is 11.8. The van der Waals surface area contributed by atoms with Crippen molar-refractivity contribution in [3.63, 3.8) is 0 Å². The Morgan fingerprint density at radius 3 is 2.87 bits per heavy atom. The van der Waals surface area contributed by atoms with Crippen molar-refractivity contribution in [2.24, 2.45) is 0 Å². The summed E-state index contributed by atoms with van der Waals surface area (Å²) in [7, 11) is 0. The minimum atomic E-state index is -1.12. The number of halogens is 1. The van der Waals surface area contributed by atoms with Gasteiger partial charge in [0.05, 0.1) is 10.4 Å². The SMILES string of the molecule is Cc1c(C(=O)O)oc2c1C(=O)[C@@H](Br)CC2. The van der Waals surface area contributed by atoms with Crippen molar-refractivity contribution in [1.82, 2.24) is 0 Å². The summed E-state index contributed by atoms with van der Waals surface area (Å²) in [6.07, 6.45) is 1.25. The summed E-state index contributed by atoms with van der Waals surface area (Å²) >= 11 is 3.27. The number of carbonyl (C=O) groups is 2. The molecule has 80 valence electrons. The predicted molar refractivity (Wildman–Crippen MR) is 55.8 cm³/mol. The largest absolute Gasteiger partial charge is 0.475 e. The molecule has 0 spiro atoms. The van der Waals surface area contributed by atoms with Gasteiger partial charge in [-0.3, -0.25) is 4.79 Å². The van der Waals surface area contributed by atoms with Crippen LogP contribution in [0.1, 0.15) is 38.7 Å². The third-order valence-electron chi connectivity index (χ3n) is 2.57. The number of carboxylic acid groups (broad SMARTS) is 1. The van der Waals surface area contributed by atoms with Crippen LogP contribution in [0.15, 0.2) is 4.42 Å². The Morgan fingerprint density at radius 1 is 1.60 bits per heavy atom. The number of hydrogen-bond donors (Lipinski definition) is 1. The van der Waals surface area contributed by atoms with E-state index in [9.17, 15) is 9.59 Å². The molecule has 0 saturated heterocycles. The van der Waals surface area contributed by atoms with Gasteiger partial charge in [-0.2, -0.15) is 0 Å². The topological polar surface area (TPSA) is 67.5 Å². The quantitative estimate of drug-likeness (QED) is 0.796. The van der Waals surface area contributed by atoms with Gasteiger partial charge in [-0.25, -0.2) is 4.79 Å². The molecule has 1 heterocycles. The number of fused-ring (bicyclic) bond motifs is 1. The Labute approximate surface area is 94.4 Å². The number of carbonyl (C=O) groups excluding carboxylic acids is 1. The van der Waals surface area contributed by atoms with Crippen LogP contribution in [0.25, 0.3) is 0 Å². The average molecular weight is 273 g/mol. The summed E-state index contributed by atoms with van der Waals surface area (Å²) in [5.41, 5.74) is 0.882. The van der Waals surface area contributed by atoms with Crippen molar-refractivity contribution in [1.29, 1.82) is 0 Å². The Hall–Kier alpha value is -1.10. The van der Waals surface area contributed by atoms with Gasteiger partial charge in [-0.15, -0.1) is 0 Å². The summed E-state index contributed by atoms with van der Waals surface area (Å²) < 4.78 is 5.18. The fourth-order valence-corrected chi connectivity index (χ4v) is 2.28. The van der Waals surface area contributed by atoms with Crippen molar-refractivity contribution in [3.05, 3.63) is 22.6 Å². The second kappa shape index (κ2) is 3.48. The number of carboxylic acids is 1. The normalized spacial score (nSPS) is 20.1. The summed E-state index contributed by atoms with van der Waals surface area (Å²) in [6, 6.07) is 0. The number of rotatable bonds is 1. The maximum Gasteiger partial charge on any atom is 0.372 e. The van der Waals surface area contributed by atoms with Gasteiger partial charge < -0.3 is 9.52 Å². The van der Waals surface area contributed by atoms with Crippen LogP contribution >= 0.6 is 15.9 Å². The van der Waals surface area contributed by atoms with Crippen molar-refractivity contribution in [2.75, 3.05) is 0 Å². The summed E-state index contributed by atoms with van der Waals surface area (Å²) in [4.78, 5) is 22.4. The summed E-state index contributed by atoms with van der Waals surface area (Å²) in [5.74, 6) is -0.814. The number of aryl methyl sites for hydroxylation is 1. The van der Waals surface area contributed by atoms with Crippen LogP contribution < -0.4 is 0 Å².